The first-order valence-corrected chi connectivity index (χ1v) is 4.25. The summed E-state index contributed by atoms with van der Waals surface area (Å²) >= 11 is 0. The molecule has 0 radical (unpaired) electrons. The molecule has 78 valence electrons. The standard InChI is InChI=1S/C7H13N5O2/c8-6(11-13)2-1-3-9-4-7-10-5-14-12-7/h5,9,13H,1-4H2,(H2,8,11). The molecule has 0 bridgehead atoms. The average Bonchev–Trinajstić information content (AvgIpc) is 2.69. The van der Waals surface area contributed by atoms with E-state index < -0.39 is 0 Å². The number of aromatic nitrogens is 2. The Morgan fingerprint density at radius 1 is 1.71 bits per heavy atom. The van der Waals surface area contributed by atoms with E-state index in [1.807, 2.05) is 0 Å². The maximum absolute atomic E-state index is 8.25. The van der Waals surface area contributed by atoms with E-state index in [-0.39, 0.29) is 5.84 Å². The lowest BCUT2D eigenvalue weighted by Gasteiger charge is -2.00. The van der Waals surface area contributed by atoms with Gasteiger partial charge in [0.2, 0.25) is 6.39 Å². The van der Waals surface area contributed by atoms with Gasteiger partial charge in [-0.2, -0.15) is 4.98 Å². The average molecular weight is 199 g/mol. The van der Waals surface area contributed by atoms with Crippen molar-refractivity contribution in [3.63, 3.8) is 0 Å². The molecule has 0 saturated heterocycles. The van der Waals surface area contributed by atoms with Gasteiger partial charge in [0.15, 0.2) is 5.82 Å². The van der Waals surface area contributed by atoms with Crippen LogP contribution in [-0.4, -0.2) is 27.7 Å². The maximum Gasteiger partial charge on any atom is 0.213 e. The third-order valence-electron chi connectivity index (χ3n) is 1.60. The molecule has 0 spiro atoms. The Balaban J connectivity index is 2.00. The van der Waals surface area contributed by atoms with Crippen LogP contribution in [0.3, 0.4) is 0 Å². The zero-order valence-corrected chi connectivity index (χ0v) is 7.68. The first-order valence-electron chi connectivity index (χ1n) is 4.25. The lowest BCUT2D eigenvalue weighted by Crippen LogP contribution is -2.18. The second-order valence-electron chi connectivity index (χ2n) is 2.72. The van der Waals surface area contributed by atoms with Crippen molar-refractivity contribution >= 4 is 5.84 Å². The molecule has 7 nitrogen and oxygen atoms in total. The van der Waals surface area contributed by atoms with Gasteiger partial charge in [-0.15, -0.1) is 0 Å². The first kappa shape index (κ1) is 10.5. The summed E-state index contributed by atoms with van der Waals surface area (Å²) in [5.41, 5.74) is 5.28. The second kappa shape index (κ2) is 5.92. The summed E-state index contributed by atoms with van der Waals surface area (Å²) in [7, 11) is 0. The van der Waals surface area contributed by atoms with Crippen LogP contribution in [0.25, 0.3) is 0 Å². The smallest absolute Gasteiger partial charge is 0.213 e. The molecule has 4 N–H and O–H groups in total. The van der Waals surface area contributed by atoms with Gasteiger partial charge in [-0.25, -0.2) is 0 Å². The number of rotatable bonds is 6. The number of nitrogens with two attached hydrogens (primary N) is 1. The molecule has 1 rings (SSSR count). The molecular formula is C7H13N5O2. The quantitative estimate of drug-likeness (QED) is 0.190. The van der Waals surface area contributed by atoms with Crippen LogP contribution in [-0.2, 0) is 6.54 Å². The van der Waals surface area contributed by atoms with E-state index in [0.717, 1.165) is 13.0 Å². The lowest BCUT2D eigenvalue weighted by molar-refractivity contribution is 0.316. The molecule has 1 aromatic heterocycles. The minimum absolute atomic E-state index is 0.242. The minimum Gasteiger partial charge on any atom is -0.409 e. The fourth-order valence-electron chi connectivity index (χ4n) is 0.915. The molecule has 14 heavy (non-hydrogen) atoms. The minimum atomic E-state index is 0.242. The second-order valence-corrected chi connectivity index (χ2v) is 2.72. The van der Waals surface area contributed by atoms with Crippen LogP contribution in [0.1, 0.15) is 18.7 Å². The maximum atomic E-state index is 8.25. The van der Waals surface area contributed by atoms with Crippen LogP contribution in [0.15, 0.2) is 16.1 Å². The molecule has 1 aromatic rings. The number of hydrogen-bond acceptors (Lipinski definition) is 6. The predicted octanol–water partition coefficient (Wildman–Crippen LogP) is -0.314. The zero-order chi connectivity index (χ0) is 10.2. The van der Waals surface area contributed by atoms with E-state index in [1.54, 1.807) is 0 Å². The van der Waals surface area contributed by atoms with Gasteiger partial charge in [0.05, 0.1) is 6.54 Å². The Morgan fingerprint density at radius 3 is 3.21 bits per heavy atom. The van der Waals surface area contributed by atoms with E-state index in [2.05, 4.69) is 25.1 Å². The van der Waals surface area contributed by atoms with Gasteiger partial charge in [0, 0.05) is 6.42 Å². The van der Waals surface area contributed by atoms with Gasteiger partial charge >= 0.3 is 0 Å². The third-order valence-corrected chi connectivity index (χ3v) is 1.60. The number of amidine groups is 1. The van der Waals surface area contributed by atoms with Crippen LogP contribution < -0.4 is 11.1 Å². The van der Waals surface area contributed by atoms with Crippen LogP contribution in [0.2, 0.25) is 0 Å². The number of nitrogens with one attached hydrogen (secondary N) is 1. The molecule has 0 atom stereocenters. The van der Waals surface area contributed by atoms with Gasteiger partial charge in [-0.3, -0.25) is 0 Å². The van der Waals surface area contributed by atoms with Crippen molar-refractivity contribution < 1.29 is 9.73 Å². The molecular weight excluding hydrogens is 186 g/mol. The van der Waals surface area contributed by atoms with Crippen molar-refractivity contribution in [2.24, 2.45) is 10.9 Å². The van der Waals surface area contributed by atoms with Crippen molar-refractivity contribution in [3.8, 4) is 0 Å². The fourth-order valence-corrected chi connectivity index (χ4v) is 0.915. The SMILES string of the molecule is NC(CCCNCc1ncon1)=NO. The first-order chi connectivity index (χ1) is 6.83. The summed E-state index contributed by atoms with van der Waals surface area (Å²) in [5.74, 6) is 0.861. The van der Waals surface area contributed by atoms with E-state index >= 15 is 0 Å². The summed E-state index contributed by atoms with van der Waals surface area (Å²) in [6, 6.07) is 0. The van der Waals surface area contributed by atoms with E-state index in [0.29, 0.717) is 18.8 Å². The number of oxime groups is 1. The normalized spacial score (nSPS) is 11.9. The molecule has 0 saturated carbocycles. The zero-order valence-electron chi connectivity index (χ0n) is 7.68. The highest BCUT2D eigenvalue weighted by Gasteiger charge is 1.97. The van der Waals surface area contributed by atoms with Crippen LogP contribution in [0.4, 0.5) is 0 Å². The number of nitrogens with zero attached hydrogens (tertiary/aromatic N) is 3. The summed E-state index contributed by atoms with van der Waals surface area (Å²) in [5, 5.41) is 17.8. The topological polar surface area (TPSA) is 110 Å². The van der Waals surface area contributed by atoms with Crippen LogP contribution in [0.5, 0.6) is 0 Å². The van der Waals surface area contributed by atoms with E-state index in [4.69, 9.17) is 10.9 Å². The Morgan fingerprint density at radius 2 is 2.57 bits per heavy atom. The summed E-state index contributed by atoms with van der Waals surface area (Å²) in [6.45, 7) is 1.32. The molecule has 0 unspecified atom stereocenters. The molecule has 0 aliphatic rings. The molecule has 0 aliphatic heterocycles. The van der Waals surface area contributed by atoms with Gasteiger partial charge in [-0.1, -0.05) is 10.3 Å². The Kier molecular flexibility index (Phi) is 4.42. The van der Waals surface area contributed by atoms with Crippen LogP contribution >= 0.6 is 0 Å². The lowest BCUT2D eigenvalue weighted by atomic mass is 10.3. The van der Waals surface area contributed by atoms with Crippen LogP contribution in [0, 0.1) is 0 Å². The van der Waals surface area contributed by atoms with Crippen molar-refractivity contribution in [2.45, 2.75) is 19.4 Å². The molecule has 0 fully saturated rings. The summed E-state index contributed by atoms with van der Waals surface area (Å²) in [6.07, 6.45) is 2.65. The van der Waals surface area contributed by atoms with Gasteiger partial charge in [0.1, 0.15) is 5.84 Å². The molecule has 0 aliphatic carbocycles. The highest BCUT2D eigenvalue weighted by atomic mass is 16.5. The van der Waals surface area contributed by atoms with Gasteiger partial charge in [0.25, 0.3) is 0 Å². The van der Waals surface area contributed by atoms with Gasteiger partial charge in [-0.05, 0) is 13.0 Å². The molecule has 0 amide bonds. The highest BCUT2D eigenvalue weighted by Crippen LogP contribution is 1.89. The summed E-state index contributed by atoms with van der Waals surface area (Å²) in [4.78, 5) is 3.84. The Bertz CT molecular complexity index is 272. The van der Waals surface area contributed by atoms with Gasteiger partial charge < -0.3 is 20.8 Å². The van der Waals surface area contributed by atoms with Crippen molar-refractivity contribution in [1.82, 2.24) is 15.5 Å². The molecule has 1 heterocycles. The highest BCUT2D eigenvalue weighted by molar-refractivity contribution is 5.79. The molecule has 7 heteroatoms. The van der Waals surface area contributed by atoms with E-state index in [9.17, 15) is 0 Å². The monoisotopic (exact) mass is 199 g/mol. The van der Waals surface area contributed by atoms with Crippen molar-refractivity contribution in [3.05, 3.63) is 12.2 Å². The van der Waals surface area contributed by atoms with E-state index in [1.165, 1.54) is 6.39 Å². The Labute approximate surface area is 81.0 Å². The van der Waals surface area contributed by atoms with Crippen molar-refractivity contribution in [2.75, 3.05) is 6.54 Å². The Hall–Kier alpha value is -1.63. The van der Waals surface area contributed by atoms with Crippen molar-refractivity contribution in [1.29, 1.82) is 0 Å². The fraction of sp³-hybridized carbons (Fsp3) is 0.571. The number of hydrogen-bond donors (Lipinski definition) is 3. The summed E-state index contributed by atoms with van der Waals surface area (Å²) < 4.78 is 4.55. The predicted molar refractivity (Wildman–Crippen MR) is 48.6 cm³/mol. The molecule has 0 aromatic carbocycles. The third kappa shape index (κ3) is 3.85. The largest absolute Gasteiger partial charge is 0.409 e.